The van der Waals surface area contributed by atoms with E-state index < -0.39 is 0 Å². The van der Waals surface area contributed by atoms with E-state index in [-0.39, 0.29) is 18.3 Å². The van der Waals surface area contributed by atoms with Crippen LogP contribution in [-0.2, 0) is 18.4 Å². The first kappa shape index (κ1) is 20.7. The molecular weight excluding hydrogens is 412 g/mol. The minimum Gasteiger partial charge on any atom is -0.493 e. The van der Waals surface area contributed by atoms with E-state index in [1.165, 1.54) is 11.8 Å². The largest absolute Gasteiger partial charge is 0.493 e. The molecule has 0 bridgehead atoms. The van der Waals surface area contributed by atoms with Crippen molar-refractivity contribution in [3.05, 3.63) is 72.6 Å². The first-order chi connectivity index (χ1) is 15.2. The van der Waals surface area contributed by atoms with Gasteiger partial charge in [0, 0.05) is 18.1 Å². The molecule has 4 rings (SSSR count). The summed E-state index contributed by atoms with van der Waals surface area (Å²) in [6.45, 7) is 0.243. The normalized spacial score (nSPS) is 10.8. The number of fused-ring (bicyclic) bond motifs is 1. The van der Waals surface area contributed by atoms with Crippen molar-refractivity contribution in [3.63, 3.8) is 0 Å². The summed E-state index contributed by atoms with van der Waals surface area (Å²) in [7, 11) is 3.45. The van der Waals surface area contributed by atoms with Gasteiger partial charge in [-0.15, -0.1) is 10.2 Å². The maximum Gasteiger partial charge on any atom is 0.234 e. The smallest absolute Gasteiger partial charge is 0.234 e. The Labute approximate surface area is 184 Å². The van der Waals surface area contributed by atoms with Crippen LogP contribution in [-0.4, -0.2) is 33.5 Å². The number of thioether (sulfide) groups is 1. The zero-order valence-corrected chi connectivity index (χ0v) is 18.1. The molecule has 8 heteroatoms. The molecule has 4 aromatic rings. The molecule has 1 aromatic heterocycles. The monoisotopic (exact) mass is 434 g/mol. The quantitative estimate of drug-likeness (QED) is 0.417. The molecule has 7 nitrogen and oxygen atoms in total. The molecule has 0 saturated heterocycles. The number of rotatable bonds is 8. The van der Waals surface area contributed by atoms with Crippen molar-refractivity contribution in [1.29, 1.82) is 0 Å². The molecule has 158 valence electrons. The van der Waals surface area contributed by atoms with Crippen LogP contribution in [0.4, 0.5) is 5.69 Å². The van der Waals surface area contributed by atoms with Gasteiger partial charge in [-0.25, -0.2) is 0 Å². The molecule has 0 spiro atoms. The van der Waals surface area contributed by atoms with E-state index in [1.807, 2.05) is 78.3 Å². The van der Waals surface area contributed by atoms with Gasteiger partial charge in [0.05, 0.1) is 12.9 Å². The van der Waals surface area contributed by atoms with Crippen molar-refractivity contribution in [2.75, 3.05) is 18.2 Å². The number of aromatic nitrogens is 3. The van der Waals surface area contributed by atoms with Crippen LogP contribution in [0.25, 0.3) is 10.8 Å². The molecule has 0 saturated carbocycles. The maximum atomic E-state index is 12.5. The SMILES string of the molecule is COc1ccccc1OCc1nnc(SCC(=O)Nc2cccc3ccccc23)n1C. The van der Waals surface area contributed by atoms with Gasteiger partial charge < -0.3 is 19.4 Å². The van der Waals surface area contributed by atoms with Crippen molar-refractivity contribution >= 4 is 34.1 Å². The second kappa shape index (κ2) is 9.53. The molecular formula is C23H22N4O3S. The van der Waals surface area contributed by atoms with Gasteiger partial charge in [0.1, 0.15) is 6.61 Å². The lowest BCUT2D eigenvalue weighted by atomic mass is 10.1. The fourth-order valence-corrected chi connectivity index (χ4v) is 3.86. The predicted molar refractivity (Wildman–Crippen MR) is 122 cm³/mol. The molecule has 0 fully saturated rings. The van der Waals surface area contributed by atoms with E-state index in [0.29, 0.717) is 22.5 Å². The summed E-state index contributed by atoms with van der Waals surface area (Å²) in [5, 5.41) is 14.1. The van der Waals surface area contributed by atoms with Crippen molar-refractivity contribution in [2.24, 2.45) is 7.05 Å². The minimum absolute atomic E-state index is 0.101. The summed E-state index contributed by atoms with van der Waals surface area (Å²) < 4.78 is 12.9. The Kier molecular flexibility index (Phi) is 6.37. The molecule has 0 aliphatic heterocycles. The molecule has 0 unspecified atom stereocenters. The fraction of sp³-hybridized carbons (Fsp3) is 0.174. The van der Waals surface area contributed by atoms with E-state index >= 15 is 0 Å². The van der Waals surface area contributed by atoms with Crippen molar-refractivity contribution < 1.29 is 14.3 Å². The Morgan fingerprint density at radius 3 is 2.58 bits per heavy atom. The summed E-state index contributed by atoms with van der Waals surface area (Å²) in [6, 6.07) is 21.2. The number of carbonyl (C=O) groups excluding carboxylic acids is 1. The van der Waals surface area contributed by atoms with E-state index in [0.717, 1.165) is 16.5 Å². The number of nitrogens with one attached hydrogen (secondary N) is 1. The number of amides is 1. The molecule has 1 heterocycles. The third kappa shape index (κ3) is 4.80. The van der Waals surface area contributed by atoms with E-state index in [4.69, 9.17) is 9.47 Å². The average molecular weight is 435 g/mol. The second-order valence-corrected chi connectivity index (χ2v) is 7.70. The maximum absolute atomic E-state index is 12.5. The van der Waals surface area contributed by atoms with Crippen LogP contribution in [0.5, 0.6) is 11.5 Å². The first-order valence-corrected chi connectivity index (χ1v) is 10.7. The van der Waals surface area contributed by atoms with Gasteiger partial charge in [0.25, 0.3) is 0 Å². The van der Waals surface area contributed by atoms with Crippen LogP contribution >= 0.6 is 11.8 Å². The standard InChI is InChI=1S/C23H22N4O3S/c1-27-21(14-30-20-13-6-5-12-19(20)29-2)25-26-23(27)31-15-22(28)24-18-11-7-9-16-8-3-4-10-17(16)18/h3-13H,14-15H2,1-2H3,(H,24,28). The Balaban J connectivity index is 1.36. The third-order valence-corrected chi connectivity index (χ3v) is 5.77. The molecule has 0 radical (unpaired) electrons. The predicted octanol–water partition coefficient (Wildman–Crippen LogP) is 4.29. The highest BCUT2D eigenvalue weighted by Gasteiger charge is 2.13. The zero-order valence-electron chi connectivity index (χ0n) is 17.2. The molecule has 1 N–H and O–H groups in total. The fourth-order valence-electron chi connectivity index (χ4n) is 3.13. The third-order valence-electron chi connectivity index (χ3n) is 4.75. The van der Waals surface area contributed by atoms with Crippen molar-refractivity contribution in [3.8, 4) is 11.5 Å². The van der Waals surface area contributed by atoms with Gasteiger partial charge in [-0.05, 0) is 23.6 Å². The highest BCUT2D eigenvalue weighted by atomic mass is 32.2. The number of carbonyl (C=O) groups is 1. The molecule has 31 heavy (non-hydrogen) atoms. The highest BCUT2D eigenvalue weighted by molar-refractivity contribution is 7.99. The van der Waals surface area contributed by atoms with Crippen LogP contribution < -0.4 is 14.8 Å². The number of anilines is 1. The Bertz CT molecular complexity index is 1200. The van der Waals surface area contributed by atoms with Gasteiger partial charge in [-0.1, -0.05) is 60.3 Å². The molecule has 0 aliphatic rings. The van der Waals surface area contributed by atoms with Gasteiger partial charge in [0.15, 0.2) is 22.5 Å². The Hall–Kier alpha value is -3.52. The first-order valence-electron chi connectivity index (χ1n) is 9.70. The topological polar surface area (TPSA) is 78.3 Å². The lowest BCUT2D eigenvalue weighted by Gasteiger charge is -2.10. The zero-order chi connectivity index (χ0) is 21.6. The van der Waals surface area contributed by atoms with Crippen molar-refractivity contribution in [1.82, 2.24) is 14.8 Å². The number of hydrogen-bond donors (Lipinski definition) is 1. The highest BCUT2D eigenvalue weighted by Crippen LogP contribution is 2.27. The van der Waals surface area contributed by atoms with Crippen molar-refractivity contribution in [2.45, 2.75) is 11.8 Å². The Morgan fingerprint density at radius 2 is 1.74 bits per heavy atom. The van der Waals surface area contributed by atoms with Crippen LogP contribution in [0.2, 0.25) is 0 Å². The lowest BCUT2D eigenvalue weighted by molar-refractivity contribution is -0.113. The molecule has 0 aliphatic carbocycles. The summed E-state index contributed by atoms with van der Waals surface area (Å²) in [5.74, 6) is 2.07. The van der Waals surface area contributed by atoms with Gasteiger partial charge in [0.2, 0.25) is 5.91 Å². The van der Waals surface area contributed by atoms with E-state index in [2.05, 4.69) is 15.5 Å². The summed E-state index contributed by atoms with van der Waals surface area (Å²) >= 11 is 1.33. The summed E-state index contributed by atoms with van der Waals surface area (Å²) in [5.41, 5.74) is 0.799. The average Bonchev–Trinajstić information content (AvgIpc) is 3.16. The molecule has 1 amide bonds. The summed E-state index contributed by atoms with van der Waals surface area (Å²) in [6.07, 6.45) is 0. The van der Waals surface area contributed by atoms with Gasteiger partial charge in [-0.2, -0.15) is 0 Å². The van der Waals surface area contributed by atoms with Crippen LogP contribution in [0.3, 0.4) is 0 Å². The number of nitrogens with zero attached hydrogens (tertiary/aromatic N) is 3. The second-order valence-electron chi connectivity index (χ2n) is 6.76. The minimum atomic E-state index is -0.101. The Morgan fingerprint density at radius 1 is 1.00 bits per heavy atom. The number of benzene rings is 3. The van der Waals surface area contributed by atoms with E-state index in [9.17, 15) is 4.79 Å². The van der Waals surface area contributed by atoms with Crippen LogP contribution in [0, 0.1) is 0 Å². The number of ether oxygens (including phenoxy) is 2. The molecule has 0 atom stereocenters. The van der Waals surface area contributed by atoms with Gasteiger partial charge >= 0.3 is 0 Å². The molecule has 3 aromatic carbocycles. The van der Waals surface area contributed by atoms with Gasteiger partial charge in [-0.3, -0.25) is 4.79 Å². The van der Waals surface area contributed by atoms with Crippen LogP contribution in [0.15, 0.2) is 71.9 Å². The van der Waals surface area contributed by atoms with Crippen LogP contribution in [0.1, 0.15) is 5.82 Å². The number of hydrogen-bond acceptors (Lipinski definition) is 6. The lowest BCUT2D eigenvalue weighted by Crippen LogP contribution is -2.14. The van der Waals surface area contributed by atoms with E-state index in [1.54, 1.807) is 7.11 Å². The summed E-state index contributed by atoms with van der Waals surface area (Å²) in [4.78, 5) is 12.5. The number of para-hydroxylation sites is 2. The number of methoxy groups -OCH3 is 1.